The van der Waals surface area contributed by atoms with E-state index >= 15 is 0 Å². The zero-order valence-electron chi connectivity index (χ0n) is 10.8. The van der Waals surface area contributed by atoms with Crippen molar-refractivity contribution >= 4 is 11.7 Å². The summed E-state index contributed by atoms with van der Waals surface area (Å²) in [6, 6.07) is 0. The maximum absolute atomic E-state index is 11.3. The first-order valence-corrected chi connectivity index (χ1v) is 6.35. The number of carboxylic acids is 1. The number of hydrogen-bond donors (Lipinski definition) is 1. The van der Waals surface area contributed by atoms with Crippen LogP contribution in [-0.2, 0) is 7.05 Å². The van der Waals surface area contributed by atoms with E-state index in [1.54, 1.807) is 17.8 Å². The highest BCUT2D eigenvalue weighted by Crippen LogP contribution is 2.45. The molecule has 98 valence electrons. The summed E-state index contributed by atoms with van der Waals surface area (Å²) >= 11 is 0. The lowest BCUT2D eigenvalue weighted by atomic mass is 9.99. The molecule has 0 atom stereocenters. The zero-order chi connectivity index (χ0) is 12.9. The number of aryl methyl sites for hydroxylation is 1. The summed E-state index contributed by atoms with van der Waals surface area (Å²) in [6.45, 7) is 0.782. The minimum Gasteiger partial charge on any atom is -0.482 e. The van der Waals surface area contributed by atoms with Gasteiger partial charge in [0.1, 0.15) is 11.3 Å². The van der Waals surface area contributed by atoms with Gasteiger partial charge in [-0.3, -0.25) is 0 Å². The average Bonchev–Trinajstić information content (AvgIpc) is 2.83. The van der Waals surface area contributed by atoms with E-state index in [1.165, 1.54) is 12.8 Å². The van der Waals surface area contributed by atoms with E-state index in [2.05, 4.69) is 0 Å². The molecule has 1 aliphatic carbocycles. The summed E-state index contributed by atoms with van der Waals surface area (Å²) in [4.78, 5) is 13.3. The van der Waals surface area contributed by atoms with E-state index in [1.807, 2.05) is 11.9 Å². The Kier molecular flexibility index (Phi) is 2.33. The molecule has 1 saturated carbocycles. The Morgan fingerprint density at radius 3 is 2.67 bits per heavy atom. The third kappa shape index (κ3) is 1.50. The molecule has 2 aliphatic rings. The number of ether oxygens (including phenoxy) is 1. The second-order valence-corrected chi connectivity index (χ2v) is 5.45. The first kappa shape index (κ1) is 11.4. The van der Waals surface area contributed by atoms with E-state index in [0.29, 0.717) is 17.1 Å². The highest BCUT2D eigenvalue weighted by Gasteiger charge is 2.43. The van der Waals surface area contributed by atoms with Crippen LogP contribution in [0.4, 0.5) is 5.69 Å². The second-order valence-electron chi connectivity index (χ2n) is 5.45. The lowest BCUT2D eigenvalue weighted by molar-refractivity contribution is 0.0672. The maximum atomic E-state index is 11.3. The van der Waals surface area contributed by atoms with Gasteiger partial charge in [-0.1, -0.05) is 0 Å². The first-order chi connectivity index (χ1) is 8.52. The molecule has 0 radical (unpaired) electrons. The van der Waals surface area contributed by atoms with Crippen molar-refractivity contribution in [2.24, 2.45) is 7.05 Å². The lowest BCUT2D eigenvalue weighted by Gasteiger charge is -2.40. The van der Waals surface area contributed by atoms with Crippen LogP contribution >= 0.6 is 0 Å². The van der Waals surface area contributed by atoms with E-state index in [-0.39, 0.29) is 5.60 Å². The number of nitrogens with zero attached hydrogens (tertiary/aromatic N) is 2. The Labute approximate surface area is 106 Å². The largest absolute Gasteiger partial charge is 0.482 e. The van der Waals surface area contributed by atoms with Crippen molar-refractivity contribution in [2.75, 3.05) is 18.5 Å². The summed E-state index contributed by atoms with van der Waals surface area (Å²) in [7, 11) is 3.70. The summed E-state index contributed by atoms with van der Waals surface area (Å²) in [5.74, 6) is -0.192. The fourth-order valence-corrected chi connectivity index (χ4v) is 3.34. The van der Waals surface area contributed by atoms with E-state index < -0.39 is 5.97 Å². The van der Waals surface area contributed by atoms with Crippen LogP contribution in [0.5, 0.6) is 5.75 Å². The van der Waals surface area contributed by atoms with E-state index in [9.17, 15) is 9.90 Å². The Morgan fingerprint density at radius 1 is 1.39 bits per heavy atom. The van der Waals surface area contributed by atoms with E-state index in [0.717, 1.165) is 19.4 Å². The van der Waals surface area contributed by atoms with Crippen LogP contribution in [0.2, 0.25) is 0 Å². The summed E-state index contributed by atoms with van der Waals surface area (Å²) < 4.78 is 7.77. The van der Waals surface area contributed by atoms with Crippen LogP contribution in [0, 0.1) is 0 Å². The van der Waals surface area contributed by atoms with Crippen LogP contribution in [0.1, 0.15) is 36.2 Å². The van der Waals surface area contributed by atoms with Crippen LogP contribution in [0.25, 0.3) is 0 Å². The number of carboxylic acid groups (broad SMARTS) is 1. The molecular formula is C13H18N2O3. The number of aromatic carboxylic acids is 1. The molecule has 5 nitrogen and oxygen atoms in total. The topological polar surface area (TPSA) is 54.7 Å². The molecule has 1 aromatic rings. The third-order valence-electron chi connectivity index (χ3n) is 4.07. The van der Waals surface area contributed by atoms with Crippen molar-refractivity contribution < 1.29 is 14.6 Å². The molecule has 5 heteroatoms. The summed E-state index contributed by atoms with van der Waals surface area (Å²) in [6.07, 6.45) is 6.31. The van der Waals surface area contributed by atoms with Crippen molar-refractivity contribution in [3.8, 4) is 5.75 Å². The molecule has 18 heavy (non-hydrogen) atoms. The molecule has 0 aromatic carbocycles. The minimum atomic E-state index is -0.906. The second kappa shape index (κ2) is 3.67. The van der Waals surface area contributed by atoms with Crippen molar-refractivity contribution in [3.63, 3.8) is 0 Å². The van der Waals surface area contributed by atoms with Crippen LogP contribution < -0.4 is 9.64 Å². The SMILES string of the molecule is CN1CC2(CCCC2)Oc2cn(C)c(C(=O)O)c21. The van der Waals surface area contributed by atoms with Gasteiger partial charge in [0.15, 0.2) is 11.4 Å². The molecule has 0 bridgehead atoms. The average molecular weight is 250 g/mol. The lowest BCUT2D eigenvalue weighted by Crippen LogP contribution is -2.47. The first-order valence-electron chi connectivity index (χ1n) is 6.35. The Bertz CT molecular complexity index is 501. The van der Waals surface area contributed by atoms with Gasteiger partial charge in [0, 0.05) is 20.3 Å². The summed E-state index contributed by atoms with van der Waals surface area (Å²) in [5, 5.41) is 9.28. The standard InChI is InChI=1S/C13H18N2O3/c1-14-7-9-10(11(14)12(16)17)15(2)8-13(18-9)5-3-4-6-13/h7H,3-6,8H2,1-2H3,(H,16,17). The number of hydrogen-bond acceptors (Lipinski definition) is 3. The number of likely N-dealkylation sites (N-methyl/N-ethyl adjacent to an activating group) is 1. The van der Waals surface area contributed by atoms with Gasteiger partial charge in [-0.05, 0) is 25.7 Å². The smallest absolute Gasteiger partial charge is 0.354 e. The number of rotatable bonds is 1. The highest BCUT2D eigenvalue weighted by molar-refractivity contribution is 5.95. The Balaban J connectivity index is 2.06. The molecule has 1 spiro atoms. The van der Waals surface area contributed by atoms with Gasteiger partial charge in [-0.2, -0.15) is 0 Å². The molecule has 1 aromatic heterocycles. The Morgan fingerprint density at radius 2 is 2.06 bits per heavy atom. The fraction of sp³-hybridized carbons (Fsp3) is 0.615. The molecule has 3 rings (SSSR count). The van der Waals surface area contributed by atoms with Crippen molar-refractivity contribution in [1.29, 1.82) is 0 Å². The van der Waals surface area contributed by atoms with Crippen molar-refractivity contribution in [3.05, 3.63) is 11.9 Å². The number of fused-ring (bicyclic) bond motifs is 1. The van der Waals surface area contributed by atoms with Gasteiger partial charge in [-0.15, -0.1) is 0 Å². The van der Waals surface area contributed by atoms with Crippen LogP contribution in [0.15, 0.2) is 6.20 Å². The molecule has 0 unspecified atom stereocenters. The molecule has 1 N–H and O–H groups in total. The predicted octanol–water partition coefficient (Wildman–Crippen LogP) is 1.86. The highest BCUT2D eigenvalue weighted by atomic mass is 16.5. The Hall–Kier alpha value is -1.65. The third-order valence-corrected chi connectivity index (χ3v) is 4.07. The summed E-state index contributed by atoms with van der Waals surface area (Å²) in [5.41, 5.74) is 0.918. The quantitative estimate of drug-likeness (QED) is 0.826. The van der Waals surface area contributed by atoms with E-state index in [4.69, 9.17) is 4.74 Å². The number of carbonyl (C=O) groups is 1. The fourth-order valence-electron chi connectivity index (χ4n) is 3.34. The van der Waals surface area contributed by atoms with Gasteiger partial charge in [-0.25, -0.2) is 4.79 Å². The minimum absolute atomic E-state index is 0.0983. The predicted molar refractivity (Wildman–Crippen MR) is 67.5 cm³/mol. The molecule has 2 heterocycles. The monoisotopic (exact) mass is 250 g/mol. The van der Waals surface area contributed by atoms with Crippen LogP contribution in [-0.4, -0.2) is 34.8 Å². The molecule has 1 fully saturated rings. The molecular weight excluding hydrogens is 232 g/mol. The van der Waals surface area contributed by atoms with Gasteiger partial charge < -0.3 is 19.3 Å². The normalized spacial score (nSPS) is 20.9. The van der Waals surface area contributed by atoms with Gasteiger partial charge in [0.25, 0.3) is 0 Å². The van der Waals surface area contributed by atoms with Crippen LogP contribution in [0.3, 0.4) is 0 Å². The number of anilines is 1. The van der Waals surface area contributed by atoms with Gasteiger partial charge >= 0.3 is 5.97 Å². The van der Waals surface area contributed by atoms with Gasteiger partial charge in [0.05, 0.1) is 6.54 Å². The number of aromatic nitrogens is 1. The molecule has 1 aliphatic heterocycles. The van der Waals surface area contributed by atoms with Crippen molar-refractivity contribution in [1.82, 2.24) is 4.57 Å². The van der Waals surface area contributed by atoms with Gasteiger partial charge in [0.2, 0.25) is 0 Å². The molecule has 0 saturated heterocycles. The molecule has 0 amide bonds. The maximum Gasteiger partial charge on any atom is 0.354 e. The zero-order valence-corrected chi connectivity index (χ0v) is 10.8. The van der Waals surface area contributed by atoms with Crippen molar-refractivity contribution in [2.45, 2.75) is 31.3 Å².